The lowest BCUT2D eigenvalue weighted by atomic mass is 10.4. The number of hydrogen-bond acceptors (Lipinski definition) is 2. The molecule has 0 aromatic carbocycles. The molecule has 0 amide bonds. The lowest BCUT2D eigenvalue weighted by Gasteiger charge is -1.97. The summed E-state index contributed by atoms with van der Waals surface area (Å²) < 4.78 is 2.77. The summed E-state index contributed by atoms with van der Waals surface area (Å²) in [6.07, 6.45) is 7.66. The molecule has 2 aromatic heterocycles. The van der Waals surface area contributed by atoms with Gasteiger partial charge in [-0.3, -0.25) is 4.98 Å². The molecule has 72 valence electrons. The highest BCUT2D eigenvalue weighted by Gasteiger charge is 2.01. The summed E-state index contributed by atoms with van der Waals surface area (Å²) in [5.41, 5.74) is 2.09. The van der Waals surface area contributed by atoms with Crippen molar-refractivity contribution in [2.75, 3.05) is 0 Å². The van der Waals surface area contributed by atoms with Crippen LogP contribution in [0.4, 0.5) is 0 Å². The van der Waals surface area contributed by atoms with Gasteiger partial charge in [-0.15, -0.1) is 0 Å². The second-order valence-corrected chi connectivity index (χ2v) is 3.39. The van der Waals surface area contributed by atoms with Crippen LogP contribution in [0, 0.1) is 4.77 Å². The Morgan fingerprint density at radius 3 is 3.29 bits per heavy atom. The maximum absolute atomic E-state index is 5.21. The van der Waals surface area contributed by atoms with Crippen LogP contribution in [0.15, 0.2) is 30.6 Å². The highest BCUT2D eigenvalue weighted by Crippen LogP contribution is 2.11. The first-order chi connectivity index (χ1) is 6.83. The average molecular weight is 205 g/mol. The first kappa shape index (κ1) is 9.15. The molecular weight excluding hydrogens is 194 g/mol. The molecule has 0 aliphatic heterocycles. The van der Waals surface area contributed by atoms with Gasteiger partial charge in [0.05, 0.1) is 17.2 Å². The zero-order valence-corrected chi connectivity index (χ0v) is 8.71. The third-order valence-corrected chi connectivity index (χ3v) is 2.42. The summed E-state index contributed by atoms with van der Waals surface area (Å²) in [6.45, 7) is 2.79. The molecule has 2 rings (SSSR count). The van der Waals surface area contributed by atoms with E-state index in [1.807, 2.05) is 29.8 Å². The SMILES string of the molecule is C/C=C/Cn1c(=S)[nH]c2ccncc21. The van der Waals surface area contributed by atoms with Crippen LogP contribution in [-0.2, 0) is 6.54 Å². The van der Waals surface area contributed by atoms with Crippen molar-refractivity contribution in [1.82, 2.24) is 14.5 Å². The van der Waals surface area contributed by atoms with E-state index in [-0.39, 0.29) is 0 Å². The molecule has 0 bridgehead atoms. The summed E-state index contributed by atoms with van der Waals surface area (Å²) in [7, 11) is 0. The zero-order chi connectivity index (χ0) is 9.97. The first-order valence-corrected chi connectivity index (χ1v) is 4.87. The number of H-pyrrole nitrogens is 1. The van der Waals surface area contributed by atoms with Crippen LogP contribution >= 0.6 is 12.2 Å². The predicted octanol–water partition coefficient (Wildman–Crippen LogP) is 2.67. The molecule has 4 heteroatoms. The second-order valence-electron chi connectivity index (χ2n) is 3.00. The second kappa shape index (κ2) is 3.75. The monoisotopic (exact) mass is 205 g/mol. The molecule has 1 N–H and O–H groups in total. The number of aromatic nitrogens is 3. The Bertz CT molecular complexity index is 521. The number of nitrogens with zero attached hydrogens (tertiary/aromatic N) is 2. The van der Waals surface area contributed by atoms with E-state index in [2.05, 4.69) is 16.0 Å². The van der Waals surface area contributed by atoms with Crippen molar-refractivity contribution in [3.8, 4) is 0 Å². The smallest absolute Gasteiger partial charge is 0.178 e. The van der Waals surface area contributed by atoms with Crippen LogP contribution in [0.5, 0.6) is 0 Å². The molecule has 0 radical (unpaired) electrons. The number of fused-ring (bicyclic) bond motifs is 1. The minimum atomic E-state index is 0.742. The molecule has 0 spiro atoms. The Morgan fingerprint density at radius 1 is 1.64 bits per heavy atom. The Kier molecular flexibility index (Phi) is 2.45. The van der Waals surface area contributed by atoms with Crippen molar-refractivity contribution in [3.05, 3.63) is 35.4 Å². The number of allylic oxidation sites excluding steroid dienone is 2. The van der Waals surface area contributed by atoms with Gasteiger partial charge in [-0.05, 0) is 25.2 Å². The Morgan fingerprint density at radius 2 is 2.50 bits per heavy atom. The van der Waals surface area contributed by atoms with Gasteiger partial charge in [-0.1, -0.05) is 12.2 Å². The molecule has 0 saturated heterocycles. The number of nitrogens with one attached hydrogen (secondary N) is 1. The van der Waals surface area contributed by atoms with Gasteiger partial charge in [0.25, 0.3) is 0 Å². The Labute approximate surface area is 87.1 Å². The summed E-state index contributed by atoms with van der Waals surface area (Å²) in [5.74, 6) is 0. The molecule has 2 aromatic rings. The highest BCUT2D eigenvalue weighted by atomic mass is 32.1. The van der Waals surface area contributed by atoms with E-state index in [0.29, 0.717) is 0 Å². The molecule has 0 saturated carbocycles. The maximum Gasteiger partial charge on any atom is 0.178 e. The normalized spacial score (nSPS) is 11.5. The number of imidazole rings is 1. The third kappa shape index (κ3) is 1.48. The van der Waals surface area contributed by atoms with Crippen LogP contribution in [0.3, 0.4) is 0 Å². The summed E-state index contributed by atoms with van der Waals surface area (Å²) >= 11 is 5.21. The molecule has 0 atom stereocenters. The standard InChI is InChI=1S/C10H11N3S/c1-2-3-6-13-9-7-11-5-4-8(9)12-10(13)14/h2-5,7H,6H2,1H3,(H,12,14)/b3-2+. The maximum atomic E-state index is 5.21. The highest BCUT2D eigenvalue weighted by molar-refractivity contribution is 7.71. The van der Waals surface area contributed by atoms with Gasteiger partial charge in [0.2, 0.25) is 0 Å². The van der Waals surface area contributed by atoms with Crippen LogP contribution in [0.2, 0.25) is 0 Å². The van der Waals surface area contributed by atoms with E-state index < -0.39 is 0 Å². The van der Waals surface area contributed by atoms with E-state index in [1.54, 1.807) is 6.20 Å². The number of pyridine rings is 1. The van der Waals surface area contributed by atoms with Gasteiger partial charge < -0.3 is 9.55 Å². The van der Waals surface area contributed by atoms with Gasteiger partial charge in [0.15, 0.2) is 4.77 Å². The van der Waals surface area contributed by atoms with E-state index in [0.717, 1.165) is 22.3 Å². The van der Waals surface area contributed by atoms with Crippen molar-refractivity contribution < 1.29 is 0 Å². The van der Waals surface area contributed by atoms with Crippen LogP contribution in [0.25, 0.3) is 11.0 Å². The molecule has 0 aliphatic rings. The molecule has 0 fully saturated rings. The topological polar surface area (TPSA) is 33.6 Å². The minimum absolute atomic E-state index is 0.742. The zero-order valence-electron chi connectivity index (χ0n) is 7.90. The van der Waals surface area contributed by atoms with E-state index in [9.17, 15) is 0 Å². The van der Waals surface area contributed by atoms with Crippen molar-refractivity contribution in [2.24, 2.45) is 0 Å². The van der Waals surface area contributed by atoms with Crippen molar-refractivity contribution in [1.29, 1.82) is 0 Å². The predicted molar refractivity (Wildman–Crippen MR) is 59.7 cm³/mol. The Hall–Kier alpha value is -1.42. The fourth-order valence-corrected chi connectivity index (χ4v) is 1.67. The van der Waals surface area contributed by atoms with Crippen LogP contribution in [-0.4, -0.2) is 14.5 Å². The van der Waals surface area contributed by atoms with Gasteiger partial charge in [-0.2, -0.15) is 0 Å². The summed E-state index contributed by atoms with van der Waals surface area (Å²) in [6, 6.07) is 1.93. The fraction of sp³-hybridized carbons (Fsp3) is 0.200. The van der Waals surface area contributed by atoms with Gasteiger partial charge in [-0.25, -0.2) is 0 Å². The fourth-order valence-electron chi connectivity index (χ4n) is 1.39. The van der Waals surface area contributed by atoms with Gasteiger partial charge in [0.1, 0.15) is 0 Å². The van der Waals surface area contributed by atoms with E-state index >= 15 is 0 Å². The van der Waals surface area contributed by atoms with Crippen molar-refractivity contribution in [2.45, 2.75) is 13.5 Å². The minimum Gasteiger partial charge on any atom is -0.330 e. The number of hydrogen-bond donors (Lipinski definition) is 1. The average Bonchev–Trinajstić information content (AvgIpc) is 2.51. The van der Waals surface area contributed by atoms with E-state index in [1.165, 1.54) is 0 Å². The largest absolute Gasteiger partial charge is 0.330 e. The third-order valence-electron chi connectivity index (χ3n) is 2.10. The molecule has 0 aliphatic carbocycles. The van der Waals surface area contributed by atoms with Crippen LogP contribution < -0.4 is 0 Å². The lowest BCUT2D eigenvalue weighted by molar-refractivity contribution is 0.831. The summed E-state index contributed by atoms with van der Waals surface area (Å²) in [4.78, 5) is 7.22. The number of rotatable bonds is 2. The van der Waals surface area contributed by atoms with Crippen molar-refractivity contribution >= 4 is 23.3 Å². The van der Waals surface area contributed by atoms with Crippen molar-refractivity contribution in [3.63, 3.8) is 0 Å². The molecule has 3 nitrogen and oxygen atoms in total. The lowest BCUT2D eigenvalue weighted by Crippen LogP contribution is -1.94. The molecule has 14 heavy (non-hydrogen) atoms. The molecule has 2 heterocycles. The van der Waals surface area contributed by atoms with Gasteiger partial charge >= 0.3 is 0 Å². The summed E-state index contributed by atoms with van der Waals surface area (Å²) in [5, 5.41) is 0. The molecular formula is C10H11N3S. The van der Waals surface area contributed by atoms with E-state index in [4.69, 9.17) is 12.2 Å². The van der Waals surface area contributed by atoms with Crippen LogP contribution in [0.1, 0.15) is 6.92 Å². The molecule has 0 unspecified atom stereocenters. The van der Waals surface area contributed by atoms with Gasteiger partial charge in [0, 0.05) is 12.7 Å². The quantitative estimate of drug-likeness (QED) is 0.604. The number of aromatic amines is 1. The first-order valence-electron chi connectivity index (χ1n) is 4.46. The Balaban J connectivity index is 2.62.